The minimum atomic E-state index is -3.84. The summed E-state index contributed by atoms with van der Waals surface area (Å²) in [6.45, 7) is 1.92. The number of hydrogen-bond donors (Lipinski definition) is 1. The van der Waals surface area contributed by atoms with Crippen LogP contribution >= 0.6 is 0 Å². The van der Waals surface area contributed by atoms with Crippen molar-refractivity contribution in [3.8, 4) is 0 Å². The van der Waals surface area contributed by atoms with Crippen LogP contribution in [0.5, 0.6) is 0 Å². The quantitative estimate of drug-likeness (QED) is 0.532. The minimum absolute atomic E-state index is 0.121. The number of rotatable bonds is 4. The summed E-state index contributed by atoms with van der Waals surface area (Å²) >= 11 is 0. The minimum Gasteiger partial charge on any atom is -0.367 e. The Hall–Kier alpha value is -3.00. The van der Waals surface area contributed by atoms with Gasteiger partial charge in [0.1, 0.15) is 5.82 Å². The van der Waals surface area contributed by atoms with Crippen molar-refractivity contribution in [1.82, 2.24) is 19.8 Å². The average Bonchev–Trinajstić information content (AvgIpc) is 3.20. The molecule has 0 bridgehead atoms. The highest BCUT2D eigenvalue weighted by Crippen LogP contribution is 2.30. The van der Waals surface area contributed by atoms with Crippen LogP contribution in [0.4, 0.5) is 5.82 Å². The second-order valence-corrected chi connectivity index (χ2v) is 9.77. The highest BCUT2D eigenvalue weighted by atomic mass is 32.2. The number of fused-ring (bicyclic) bond motifs is 3. The molecule has 0 unspecified atom stereocenters. The summed E-state index contributed by atoms with van der Waals surface area (Å²) in [5.41, 5.74) is 2.01. The molecule has 1 aliphatic rings. The van der Waals surface area contributed by atoms with Crippen LogP contribution in [-0.4, -0.2) is 34.3 Å². The maximum atomic E-state index is 13.3. The number of anilines is 1. The summed E-state index contributed by atoms with van der Waals surface area (Å²) in [7, 11) is -3.84. The van der Waals surface area contributed by atoms with Gasteiger partial charge < -0.3 is 5.32 Å². The fourth-order valence-corrected chi connectivity index (χ4v) is 5.33. The van der Waals surface area contributed by atoms with Crippen LogP contribution in [0.2, 0.25) is 0 Å². The van der Waals surface area contributed by atoms with Gasteiger partial charge in [-0.3, -0.25) is 0 Å². The van der Waals surface area contributed by atoms with E-state index in [0.29, 0.717) is 11.9 Å². The van der Waals surface area contributed by atoms with Crippen molar-refractivity contribution in [3.05, 3.63) is 54.1 Å². The van der Waals surface area contributed by atoms with Crippen molar-refractivity contribution < 1.29 is 8.42 Å². The topological polar surface area (TPSA) is 89.2 Å². The Labute approximate surface area is 175 Å². The van der Waals surface area contributed by atoms with Gasteiger partial charge in [-0.2, -0.15) is 4.52 Å². The number of aryl methyl sites for hydroxylation is 1. The third-order valence-corrected chi connectivity index (χ3v) is 7.42. The van der Waals surface area contributed by atoms with Crippen LogP contribution < -0.4 is 5.32 Å². The Morgan fingerprint density at radius 3 is 2.50 bits per heavy atom. The largest absolute Gasteiger partial charge is 0.367 e. The average molecular weight is 422 g/mol. The highest BCUT2D eigenvalue weighted by Gasteiger charge is 2.27. The van der Waals surface area contributed by atoms with E-state index >= 15 is 0 Å². The number of sulfone groups is 1. The number of benzene rings is 2. The summed E-state index contributed by atoms with van der Waals surface area (Å²) in [4.78, 5) is 4.90. The molecule has 1 fully saturated rings. The Bertz CT molecular complexity index is 1320. The van der Waals surface area contributed by atoms with Crippen LogP contribution in [0.25, 0.3) is 16.6 Å². The summed E-state index contributed by atoms with van der Waals surface area (Å²) < 4.78 is 28.1. The number of nitrogens with zero attached hydrogens (tertiary/aromatic N) is 4. The number of para-hydroxylation sites is 1. The molecule has 0 saturated heterocycles. The zero-order valence-electron chi connectivity index (χ0n) is 16.7. The molecule has 4 aromatic rings. The lowest BCUT2D eigenvalue weighted by Gasteiger charge is -2.24. The van der Waals surface area contributed by atoms with E-state index in [1.54, 1.807) is 24.3 Å². The van der Waals surface area contributed by atoms with Crippen molar-refractivity contribution in [2.45, 2.75) is 55.0 Å². The molecule has 8 heteroatoms. The van der Waals surface area contributed by atoms with Gasteiger partial charge in [-0.15, -0.1) is 5.10 Å². The Kier molecular flexibility index (Phi) is 4.66. The van der Waals surface area contributed by atoms with Gasteiger partial charge in [0.25, 0.3) is 0 Å². The van der Waals surface area contributed by atoms with Gasteiger partial charge in [0.05, 0.1) is 10.4 Å². The molecular weight excluding hydrogens is 398 g/mol. The molecule has 1 N–H and O–H groups in total. The molecule has 2 aromatic carbocycles. The van der Waals surface area contributed by atoms with Gasteiger partial charge >= 0.3 is 0 Å². The standard InChI is InChI=1S/C22H23N5O2S/c1-15-11-13-17(14-12-15)30(28,29)22-21-24-20(23-16-7-3-2-4-8-16)18-9-5-6-10-19(18)27(21)26-25-22/h5-6,9-14,16H,2-4,7-8H2,1H3,(H,23,24). The molecule has 0 aliphatic heterocycles. The van der Waals surface area contributed by atoms with Gasteiger partial charge in [0, 0.05) is 11.4 Å². The van der Waals surface area contributed by atoms with E-state index in [2.05, 4.69) is 15.6 Å². The molecule has 1 aliphatic carbocycles. The van der Waals surface area contributed by atoms with Gasteiger partial charge in [0.2, 0.25) is 14.9 Å². The van der Waals surface area contributed by atoms with E-state index in [0.717, 1.165) is 29.3 Å². The molecule has 30 heavy (non-hydrogen) atoms. The monoisotopic (exact) mass is 421 g/mol. The third-order valence-electron chi connectivity index (χ3n) is 5.75. The van der Waals surface area contributed by atoms with Crippen molar-refractivity contribution in [2.75, 3.05) is 5.32 Å². The first kappa shape index (κ1) is 19.0. The van der Waals surface area contributed by atoms with E-state index in [1.807, 2.05) is 31.2 Å². The van der Waals surface area contributed by atoms with Gasteiger partial charge in [-0.25, -0.2) is 13.4 Å². The Balaban J connectivity index is 1.68. The molecule has 5 rings (SSSR count). The van der Waals surface area contributed by atoms with E-state index < -0.39 is 9.84 Å². The summed E-state index contributed by atoms with van der Waals surface area (Å²) in [5.74, 6) is 0.688. The zero-order chi connectivity index (χ0) is 20.7. The third kappa shape index (κ3) is 3.21. The van der Waals surface area contributed by atoms with Crippen LogP contribution in [-0.2, 0) is 9.84 Å². The summed E-state index contributed by atoms with van der Waals surface area (Å²) in [6, 6.07) is 14.8. The Morgan fingerprint density at radius 2 is 1.73 bits per heavy atom. The van der Waals surface area contributed by atoms with Gasteiger partial charge in [-0.05, 0) is 44.0 Å². The Morgan fingerprint density at radius 1 is 1.00 bits per heavy atom. The predicted molar refractivity (Wildman–Crippen MR) is 115 cm³/mol. The van der Waals surface area contributed by atoms with Crippen molar-refractivity contribution >= 4 is 32.2 Å². The smallest absolute Gasteiger partial charge is 0.229 e. The molecule has 2 heterocycles. The summed E-state index contributed by atoms with van der Waals surface area (Å²) in [5, 5.41) is 12.5. The number of nitrogens with one attached hydrogen (secondary N) is 1. The molecular formula is C22H23N5O2S. The normalized spacial score (nSPS) is 15.6. The SMILES string of the molecule is Cc1ccc(S(=O)(=O)c2nnn3c2nc(NC2CCCCC2)c2ccccc23)cc1. The van der Waals surface area contributed by atoms with Gasteiger partial charge in [-0.1, -0.05) is 54.3 Å². The molecule has 2 aromatic heterocycles. The predicted octanol–water partition coefficient (Wildman–Crippen LogP) is 4.16. The van der Waals surface area contributed by atoms with Gasteiger partial charge in [0.15, 0.2) is 5.65 Å². The number of hydrogen-bond acceptors (Lipinski definition) is 6. The highest BCUT2D eigenvalue weighted by molar-refractivity contribution is 7.91. The van der Waals surface area contributed by atoms with E-state index in [-0.39, 0.29) is 15.6 Å². The second kappa shape index (κ2) is 7.36. The fourth-order valence-electron chi connectivity index (χ4n) is 4.10. The first-order chi connectivity index (χ1) is 14.5. The fraction of sp³-hybridized carbons (Fsp3) is 0.318. The first-order valence-corrected chi connectivity index (χ1v) is 11.7. The van der Waals surface area contributed by atoms with Crippen LogP contribution in [0.3, 0.4) is 0 Å². The summed E-state index contributed by atoms with van der Waals surface area (Å²) in [6.07, 6.45) is 5.83. The molecule has 0 spiro atoms. The number of aromatic nitrogens is 4. The lowest BCUT2D eigenvalue weighted by molar-refractivity contribution is 0.462. The first-order valence-electron chi connectivity index (χ1n) is 10.3. The molecule has 0 amide bonds. The van der Waals surface area contributed by atoms with Crippen LogP contribution in [0.1, 0.15) is 37.7 Å². The molecule has 1 saturated carbocycles. The van der Waals surface area contributed by atoms with Crippen molar-refractivity contribution in [2.24, 2.45) is 0 Å². The maximum Gasteiger partial charge on any atom is 0.229 e. The second-order valence-electron chi connectivity index (χ2n) is 7.90. The molecule has 0 atom stereocenters. The van der Waals surface area contributed by atoms with Crippen LogP contribution in [0, 0.1) is 6.92 Å². The lowest BCUT2D eigenvalue weighted by atomic mass is 9.95. The zero-order valence-corrected chi connectivity index (χ0v) is 17.6. The van der Waals surface area contributed by atoms with Crippen molar-refractivity contribution in [1.29, 1.82) is 0 Å². The molecule has 0 radical (unpaired) electrons. The molecule has 7 nitrogen and oxygen atoms in total. The van der Waals surface area contributed by atoms with E-state index in [1.165, 1.54) is 23.8 Å². The van der Waals surface area contributed by atoms with Crippen molar-refractivity contribution in [3.63, 3.8) is 0 Å². The molecule has 154 valence electrons. The van der Waals surface area contributed by atoms with E-state index in [4.69, 9.17) is 4.98 Å². The maximum absolute atomic E-state index is 13.3. The van der Waals surface area contributed by atoms with E-state index in [9.17, 15) is 8.42 Å². The van der Waals surface area contributed by atoms with Crippen LogP contribution in [0.15, 0.2) is 58.5 Å². The lowest BCUT2D eigenvalue weighted by Crippen LogP contribution is -2.23.